The fraction of sp³-hybridized carbons (Fsp3) is 0.278. The molecule has 0 aliphatic carbocycles. The summed E-state index contributed by atoms with van der Waals surface area (Å²) in [5.41, 5.74) is 4.39. The number of fused-ring (bicyclic) bond motifs is 1. The largest absolute Gasteiger partial charge is 0.374 e. The van der Waals surface area contributed by atoms with Gasteiger partial charge in [0, 0.05) is 17.7 Å². The minimum atomic E-state index is -0.121. The van der Waals surface area contributed by atoms with Crippen molar-refractivity contribution in [2.75, 3.05) is 5.32 Å². The first-order chi connectivity index (χ1) is 9.78. The van der Waals surface area contributed by atoms with Gasteiger partial charge in [0.15, 0.2) is 5.78 Å². The Morgan fingerprint density at radius 3 is 2.85 bits per heavy atom. The minimum Gasteiger partial charge on any atom is -0.374 e. The Morgan fingerprint density at radius 2 is 2.05 bits per heavy atom. The molecule has 2 aromatic rings. The van der Waals surface area contributed by atoms with Gasteiger partial charge in [-0.15, -0.1) is 0 Å². The molecule has 1 atom stereocenters. The maximum absolute atomic E-state index is 12.6. The van der Waals surface area contributed by atoms with Crippen molar-refractivity contribution in [3.8, 4) is 0 Å². The zero-order chi connectivity index (χ0) is 13.9. The van der Waals surface area contributed by atoms with Crippen molar-refractivity contribution in [1.82, 2.24) is 0 Å². The Bertz CT molecular complexity index is 608. The molecule has 0 saturated carbocycles. The van der Waals surface area contributed by atoms with Crippen LogP contribution in [0.25, 0.3) is 0 Å². The number of rotatable bonds is 4. The number of hydrogen-bond donors (Lipinski definition) is 1. The van der Waals surface area contributed by atoms with Gasteiger partial charge < -0.3 is 5.32 Å². The number of aryl methyl sites for hydroxylation is 1. The van der Waals surface area contributed by atoms with E-state index in [0.717, 1.165) is 30.5 Å². The summed E-state index contributed by atoms with van der Waals surface area (Å²) in [7, 11) is 0. The zero-order valence-corrected chi connectivity index (χ0v) is 11.7. The van der Waals surface area contributed by atoms with Gasteiger partial charge >= 0.3 is 0 Å². The molecule has 0 fully saturated rings. The van der Waals surface area contributed by atoms with Crippen molar-refractivity contribution in [3.63, 3.8) is 0 Å². The van der Waals surface area contributed by atoms with Crippen LogP contribution in [0.2, 0.25) is 0 Å². The van der Waals surface area contributed by atoms with E-state index in [0.29, 0.717) is 0 Å². The average molecular weight is 265 g/mol. The summed E-state index contributed by atoms with van der Waals surface area (Å²) in [5.74, 6) is 0.194. The third kappa shape index (κ3) is 2.46. The number of carbonyl (C=O) groups is 1. The molecule has 0 aromatic heterocycles. The SMILES string of the molecule is CCCc1cccc(C(=O)C2Cc3ccccc3N2)c1. The summed E-state index contributed by atoms with van der Waals surface area (Å²) in [6.45, 7) is 2.16. The summed E-state index contributed by atoms with van der Waals surface area (Å²) >= 11 is 0. The molecule has 20 heavy (non-hydrogen) atoms. The highest BCUT2D eigenvalue weighted by Gasteiger charge is 2.27. The van der Waals surface area contributed by atoms with Gasteiger partial charge in [-0.25, -0.2) is 0 Å². The molecule has 1 aliphatic heterocycles. The van der Waals surface area contributed by atoms with Crippen LogP contribution in [0.15, 0.2) is 48.5 Å². The molecule has 3 rings (SSSR count). The number of hydrogen-bond acceptors (Lipinski definition) is 2. The Morgan fingerprint density at radius 1 is 1.20 bits per heavy atom. The molecule has 0 saturated heterocycles. The number of para-hydroxylation sites is 1. The van der Waals surface area contributed by atoms with Gasteiger partial charge in [-0.3, -0.25) is 4.79 Å². The average Bonchev–Trinajstić information content (AvgIpc) is 2.91. The van der Waals surface area contributed by atoms with Crippen molar-refractivity contribution in [2.45, 2.75) is 32.2 Å². The lowest BCUT2D eigenvalue weighted by atomic mass is 9.98. The van der Waals surface area contributed by atoms with Crippen LogP contribution >= 0.6 is 0 Å². The van der Waals surface area contributed by atoms with E-state index in [2.05, 4.69) is 24.4 Å². The van der Waals surface area contributed by atoms with Crippen LogP contribution in [-0.2, 0) is 12.8 Å². The molecule has 0 radical (unpaired) electrons. The maximum Gasteiger partial charge on any atom is 0.185 e. The van der Waals surface area contributed by atoms with Crippen molar-refractivity contribution < 1.29 is 4.79 Å². The molecule has 0 bridgehead atoms. The number of benzene rings is 2. The van der Waals surface area contributed by atoms with Gasteiger partial charge in [-0.2, -0.15) is 0 Å². The number of anilines is 1. The van der Waals surface area contributed by atoms with E-state index in [9.17, 15) is 4.79 Å². The molecule has 2 heteroatoms. The van der Waals surface area contributed by atoms with Gasteiger partial charge in [0.25, 0.3) is 0 Å². The number of ketones is 1. The molecule has 102 valence electrons. The highest BCUT2D eigenvalue weighted by atomic mass is 16.1. The van der Waals surface area contributed by atoms with Crippen LogP contribution in [0.5, 0.6) is 0 Å². The normalized spacial score (nSPS) is 16.6. The Hall–Kier alpha value is -2.09. The molecule has 1 N–H and O–H groups in total. The summed E-state index contributed by atoms with van der Waals surface area (Å²) in [5, 5.41) is 3.33. The second kappa shape index (κ2) is 5.49. The monoisotopic (exact) mass is 265 g/mol. The predicted octanol–water partition coefficient (Wildman–Crippen LogP) is 3.86. The first-order valence-corrected chi connectivity index (χ1v) is 7.25. The van der Waals surface area contributed by atoms with Crippen LogP contribution in [0.3, 0.4) is 0 Å². The number of Topliss-reactive ketones (excluding diaryl/α,β-unsaturated/α-hetero) is 1. The molecule has 0 spiro atoms. The van der Waals surface area contributed by atoms with Gasteiger partial charge in [0.2, 0.25) is 0 Å². The van der Waals surface area contributed by atoms with Gasteiger partial charge in [-0.05, 0) is 29.7 Å². The van der Waals surface area contributed by atoms with Crippen LogP contribution in [-0.4, -0.2) is 11.8 Å². The summed E-state index contributed by atoms with van der Waals surface area (Å²) in [4.78, 5) is 12.6. The first-order valence-electron chi connectivity index (χ1n) is 7.25. The Labute approximate surface area is 119 Å². The third-order valence-corrected chi connectivity index (χ3v) is 3.84. The Kier molecular flexibility index (Phi) is 3.55. The van der Waals surface area contributed by atoms with E-state index >= 15 is 0 Å². The van der Waals surface area contributed by atoms with Crippen LogP contribution in [0.4, 0.5) is 5.69 Å². The lowest BCUT2D eigenvalue weighted by Crippen LogP contribution is -2.27. The van der Waals surface area contributed by atoms with Gasteiger partial charge in [0.05, 0.1) is 6.04 Å². The zero-order valence-electron chi connectivity index (χ0n) is 11.7. The van der Waals surface area contributed by atoms with Gasteiger partial charge in [0.1, 0.15) is 0 Å². The van der Waals surface area contributed by atoms with Gasteiger partial charge in [-0.1, -0.05) is 49.7 Å². The smallest absolute Gasteiger partial charge is 0.185 e. The molecular weight excluding hydrogens is 246 g/mol. The van der Waals surface area contributed by atoms with Crippen molar-refractivity contribution in [1.29, 1.82) is 0 Å². The second-order valence-corrected chi connectivity index (χ2v) is 5.37. The van der Waals surface area contributed by atoms with Crippen LogP contribution in [0.1, 0.15) is 34.8 Å². The van der Waals surface area contributed by atoms with Crippen LogP contribution in [0, 0.1) is 0 Å². The van der Waals surface area contributed by atoms with Crippen LogP contribution < -0.4 is 5.32 Å². The molecule has 1 aliphatic rings. The molecule has 1 unspecified atom stereocenters. The molecule has 1 heterocycles. The lowest BCUT2D eigenvalue weighted by molar-refractivity contribution is 0.0971. The maximum atomic E-state index is 12.6. The standard InChI is InChI=1S/C18H19NO/c1-2-6-13-7-5-9-15(11-13)18(20)17-12-14-8-3-4-10-16(14)19-17/h3-5,7-11,17,19H,2,6,12H2,1H3. The van der Waals surface area contributed by atoms with E-state index in [-0.39, 0.29) is 11.8 Å². The number of carbonyl (C=O) groups excluding carboxylic acids is 1. The van der Waals surface area contributed by atoms with Crippen molar-refractivity contribution >= 4 is 11.5 Å². The molecule has 2 nitrogen and oxygen atoms in total. The minimum absolute atomic E-state index is 0.121. The lowest BCUT2D eigenvalue weighted by Gasteiger charge is -2.11. The summed E-state index contributed by atoms with van der Waals surface area (Å²) in [6.07, 6.45) is 2.91. The first kappa shape index (κ1) is 12.9. The highest BCUT2D eigenvalue weighted by Crippen LogP contribution is 2.27. The van der Waals surface area contributed by atoms with Crippen molar-refractivity contribution in [2.24, 2.45) is 0 Å². The molecule has 0 amide bonds. The Balaban J connectivity index is 1.79. The van der Waals surface area contributed by atoms with E-state index < -0.39 is 0 Å². The molecule has 2 aromatic carbocycles. The molecular formula is C18H19NO. The van der Waals surface area contributed by atoms with E-state index in [1.165, 1.54) is 11.1 Å². The predicted molar refractivity (Wildman–Crippen MR) is 82.3 cm³/mol. The summed E-state index contributed by atoms with van der Waals surface area (Å²) < 4.78 is 0. The quantitative estimate of drug-likeness (QED) is 0.850. The fourth-order valence-electron chi connectivity index (χ4n) is 2.83. The topological polar surface area (TPSA) is 29.1 Å². The second-order valence-electron chi connectivity index (χ2n) is 5.37. The third-order valence-electron chi connectivity index (χ3n) is 3.84. The van der Waals surface area contributed by atoms with E-state index in [1.54, 1.807) is 0 Å². The van der Waals surface area contributed by atoms with Crippen molar-refractivity contribution in [3.05, 3.63) is 65.2 Å². The summed E-state index contributed by atoms with van der Waals surface area (Å²) in [6, 6.07) is 16.1. The number of nitrogens with one attached hydrogen (secondary N) is 1. The van der Waals surface area contributed by atoms with E-state index in [4.69, 9.17) is 0 Å². The highest BCUT2D eigenvalue weighted by molar-refractivity contribution is 6.03. The van der Waals surface area contributed by atoms with E-state index in [1.807, 2.05) is 36.4 Å². The fourth-order valence-corrected chi connectivity index (χ4v) is 2.83.